The number of methoxy groups -OCH3 is 3. The fraction of sp³-hybridized carbons (Fsp3) is 0.417. The highest BCUT2D eigenvalue weighted by Gasteiger charge is 2.27. The smallest absolute Gasteiger partial charge is 0.319 e. The molecule has 1 aliphatic heterocycles. The number of piperazine rings is 1. The summed E-state index contributed by atoms with van der Waals surface area (Å²) in [5.74, 6) is 0.629. The van der Waals surface area contributed by atoms with Crippen LogP contribution < -0.4 is 14.4 Å². The number of benzene rings is 2. The molecular formula is C24H30N4O7. The lowest BCUT2D eigenvalue weighted by Gasteiger charge is -2.36. The Morgan fingerprint density at radius 1 is 0.971 bits per heavy atom. The van der Waals surface area contributed by atoms with Gasteiger partial charge in [0.05, 0.1) is 39.3 Å². The van der Waals surface area contributed by atoms with Crippen LogP contribution in [-0.2, 0) is 20.9 Å². The van der Waals surface area contributed by atoms with E-state index >= 15 is 0 Å². The number of hydrogen-bond acceptors (Lipinski definition) is 9. The molecule has 188 valence electrons. The molecule has 3 rings (SSSR count). The van der Waals surface area contributed by atoms with Crippen LogP contribution in [0.5, 0.6) is 11.5 Å². The van der Waals surface area contributed by atoms with Crippen LogP contribution in [0, 0.1) is 10.1 Å². The summed E-state index contributed by atoms with van der Waals surface area (Å²) in [6, 6.07) is 12.0. The molecule has 0 N–H and O–H groups in total. The molecule has 11 heteroatoms. The Balaban J connectivity index is 1.66. The van der Waals surface area contributed by atoms with Crippen molar-refractivity contribution in [2.75, 3.05) is 65.5 Å². The van der Waals surface area contributed by atoms with Gasteiger partial charge >= 0.3 is 5.97 Å². The molecule has 0 unspecified atom stereocenters. The first kappa shape index (κ1) is 25.8. The van der Waals surface area contributed by atoms with Gasteiger partial charge in [-0.2, -0.15) is 0 Å². The summed E-state index contributed by atoms with van der Waals surface area (Å²) in [6.45, 7) is 2.05. The van der Waals surface area contributed by atoms with Gasteiger partial charge in [0.2, 0.25) is 5.91 Å². The van der Waals surface area contributed by atoms with Gasteiger partial charge < -0.3 is 24.0 Å². The summed E-state index contributed by atoms with van der Waals surface area (Å²) in [4.78, 5) is 41.4. The molecule has 35 heavy (non-hydrogen) atoms. The number of carbonyl (C=O) groups excluding carboxylic acids is 2. The Labute approximate surface area is 203 Å². The normalized spacial score (nSPS) is 13.5. The maximum absolute atomic E-state index is 13.1. The number of amides is 1. The number of esters is 1. The fourth-order valence-electron chi connectivity index (χ4n) is 4.00. The number of anilines is 1. The topological polar surface area (TPSA) is 115 Å². The quantitative estimate of drug-likeness (QED) is 0.282. The van der Waals surface area contributed by atoms with Crippen LogP contribution in [-0.4, -0.2) is 87.2 Å². The van der Waals surface area contributed by atoms with Gasteiger partial charge in [-0.25, -0.2) is 0 Å². The second kappa shape index (κ2) is 12.0. The van der Waals surface area contributed by atoms with E-state index in [2.05, 4.69) is 0 Å². The van der Waals surface area contributed by atoms with Gasteiger partial charge in [0.15, 0.2) is 0 Å². The van der Waals surface area contributed by atoms with E-state index < -0.39 is 10.9 Å². The standard InChI is InChI=1S/C24H30N4O7/c1-33-19-12-18(13-20(14-19)34-2)15-25(17-24(30)35-3)16-23(29)27-10-8-26(9-11-27)21-6-4-5-7-22(21)28(31)32/h4-7,12-14H,8-11,15-17H2,1-3H3. The first-order chi connectivity index (χ1) is 16.8. The second-order valence-corrected chi connectivity index (χ2v) is 8.06. The van der Waals surface area contributed by atoms with Crippen LogP contribution in [0.2, 0.25) is 0 Å². The highest BCUT2D eigenvalue weighted by molar-refractivity contribution is 5.80. The Bertz CT molecular complexity index is 1030. The van der Waals surface area contributed by atoms with Crippen molar-refractivity contribution >= 4 is 23.3 Å². The van der Waals surface area contributed by atoms with E-state index in [4.69, 9.17) is 14.2 Å². The molecule has 0 spiro atoms. The van der Waals surface area contributed by atoms with E-state index in [0.717, 1.165) is 5.56 Å². The lowest BCUT2D eigenvalue weighted by atomic mass is 10.1. The number of nitrogens with zero attached hydrogens (tertiary/aromatic N) is 4. The summed E-state index contributed by atoms with van der Waals surface area (Å²) in [5.41, 5.74) is 1.41. The number of nitro groups is 1. The predicted octanol–water partition coefficient (Wildman–Crippen LogP) is 1.94. The van der Waals surface area contributed by atoms with Gasteiger partial charge in [-0.15, -0.1) is 0 Å². The first-order valence-electron chi connectivity index (χ1n) is 11.1. The molecule has 0 radical (unpaired) electrons. The van der Waals surface area contributed by atoms with Crippen molar-refractivity contribution in [3.63, 3.8) is 0 Å². The maximum atomic E-state index is 13.1. The summed E-state index contributed by atoms with van der Waals surface area (Å²) >= 11 is 0. The molecule has 11 nitrogen and oxygen atoms in total. The molecule has 1 heterocycles. The number of ether oxygens (including phenoxy) is 3. The number of hydrogen-bond donors (Lipinski definition) is 0. The minimum absolute atomic E-state index is 0.0140. The van der Waals surface area contributed by atoms with Crippen LogP contribution in [0.15, 0.2) is 42.5 Å². The summed E-state index contributed by atoms with van der Waals surface area (Å²) in [7, 11) is 4.41. The monoisotopic (exact) mass is 486 g/mol. The molecule has 0 saturated carbocycles. The summed E-state index contributed by atoms with van der Waals surface area (Å²) in [5, 5.41) is 11.4. The molecular weight excluding hydrogens is 456 g/mol. The molecule has 0 aliphatic carbocycles. The molecule has 0 atom stereocenters. The lowest BCUT2D eigenvalue weighted by Crippen LogP contribution is -2.51. The SMILES string of the molecule is COC(=O)CN(CC(=O)N1CCN(c2ccccc2[N+](=O)[O-])CC1)Cc1cc(OC)cc(OC)c1. The van der Waals surface area contributed by atoms with Crippen LogP contribution >= 0.6 is 0 Å². The van der Waals surface area contributed by atoms with E-state index in [0.29, 0.717) is 49.9 Å². The van der Waals surface area contributed by atoms with E-state index in [1.165, 1.54) is 13.2 Å². The molecule has 1 amide bonds. The van der Waals surface area contributed by atoms with Crippen molar-refractivity contribution in [3.05, 3.63) is 58.1 Å². The van der Waals surface area contributed by atoms with Gasteiger partial charge in [0.1, 0.15) is 17.2 Å². The zero-order chi connectivity index (χ0) is 25.4. The van der Waals surface area contributed by atoms with Crippen molar-refractivity contribution in [2.24, 2.45) is 0 Å². The van der Waals surface area contributed by atoms with Crippen molar-refractivity contribution in [1.82, 2.24) is 9.80 Å². The van der Waals surface area contributed by atoms with E-state index in [1.54, 1.807) is 48.3 Å². The average molecular weight is 487 g/mol. The van der Waals surface area contributed by atoms with Crippen LogP contribution in [0.25, 0.3) is 0 Å². The molecule has 1 saturated heterocycles. The second-order valence-electron chi connectivity index (χ2n) is 8.06. The van der Waals surface area contributed by atoms with Crippen molar-refractivity contribution in [3.8, 4) is 11.5 Å². The van der Waals surface area contributed by atoms with Gasteiger partial charge in [-0.05, 0) is 23.8 Å². The number of para-hydroxylation sites is 2. The Morgan fingerprint density at radius 2 is 1.60 bits per heavy atom. The van der Waals surface area contributed by atoms with Crippen LogP contribution in [0.4, 0.5) is 11.4 Å². The summed E-state index contributed by atoms with van der Waals surface area (Å²) in [6.07, 6.45) is 0. The molecule has 1 fully saturated rings. The molecule has 1 aliphatic rings. The van der Waals surface area contributed by atoms with E-state index in [9.17, 15) is 19.7 Å². The molecule has 2 aromatic carbocycles. The van der Waals surface area contributed by atoms with E-state index in [1.807, 2.05) is 17.0 Å². The zero-order valence-corrected chi connectivity index (χ0v) is 20.1. The van der Waals surface area contributed by atoms with E-state index in [-0.39, 0.29) is 24.7 Å². The van der Waals surface area contributed by atoms with Gasteiger partial charge in [-0.3, -0.25) is 24.6 Å². The third-order valence-electron chi connectivity index (χ3n) is 5.81. The van der Waals surface area contributed by atoms with Crippen LogP contribution in [0.1, 0.15) is 5.56 Å². The Hall–Kier alpha value is -3.86. The van der Waals surface area contributed by atoms with Crippen molar-refractivity contribution in [1.29, 1.82) is 0 Å². The highest BCUT2D eigenvalue weighted by atomic mass is 16.6. The number of rotatable bonds is 10. The number of carbonyl (C=O) groups is 2. The fourth-order valence-corrected chi connectivity index (χ4v) is 4.00. The minimum atomic E-state index is -0.450. The third-order valence-corrected chi connectivity index (χ3v) is 5.81. The average Bonchev–Trinajstić information content (AvgIpc) is 2.88. The Morgan fingerprint density at radius 3 is 2.17 bits per heavy atom. The summed E-state index contributed by atoms with van der Waals surface area (Å²) < 4.78 is 15.4. The Kier molecular flexibility index (Phi) is 8.85. The maximum Gasteiger partial charge on any atom is 0.319 e. The third kappa shape index (κ3) is 6.82. The molecule has 0 bridgehead atoms. The predicted molar refractivity (Wildman–Crippen MR) is 129 cm³/mol. The van der Waals surface area contributed by atoms with Crippen molar-refractivity contribution in [2.45, 2.75) is 6.54 Å². The van der Waals surface area contributed by atoms with Gasteiger partial charge in [0, 0.05) is 44.9 Å². The first-order valence-corrected chi connectivity index (χ1v) is 11.1. The van der Waals surface area contributed by atoms with Gasteiger partial charge in [-0.1, -0.05) is 12.1 Å². The molecule has 0 aromatic heterocycles. The van der Waals surface area contributed by atoms with Crippen molar-refractivity contribution < 1.29 is 28.7 Å². The van der Waals surface area contributed by atoms with Crippen LogP contribution in [0.3, 0.4) is 0 Å². The minimum Gasteiger partial charge on any atom is -0.497 e. The lowest BCUT2D eigenvalue weighted by molar-refractivity contribution is -0.384. The number of nitro benzene ring substituents is 1. The molecule has 2 aromatic rings. The highest BCUT2D eigenvalue weighted by Crippen LogP contribution is 2.28. The largest absolute Gasteiger partial charge is 0.497 e. The zero-order valence-electron chi connectivity index (χ0n) is 20.1. The van der Waals surface area contributed by atoms with Gasteiger partial charge in [0.25, 0.3) is 5.69 Å².